The number of hydrogen-bond donors (Lipinski definition) is 2. The van der Waals surface area contributed by atoms with E-state index in [1.807, 2.05) is 6.92 Å². The molecule has 1 saturated heterocycles. The van der Waals surface area contributed by atoms with Crippen LogP contribution in [0.1, 0.15) is 37.6 Å². The molecule has 2 atom stereocenters. The second-order valence-electron chi connectivity index (χ2n) is 9.63. The molecule has 0 bridgehead atoms. The molecule has 2 aliphatic rings. The van der Waals surface area contributed by atoms with Gasteiger partial charge < -0.3 is 10.6 Å². The summed E-state index contributed by atoms with van der Waals surface area (Å²) >= 11 is 0.686. The van der Waals surface area contributed by atoms with Gasteiger partial charge in [-0.05, 0) is 38.3 Å². The first-order valence-electron chi connectivity index (χ1n) is 11.4. The Morgan fingerprint density at radius 3 is 2.69 bits per heavy atom. The molecule has 1 aliphatic heterocycles. The average Bonchev–Trinajstić information content (AvgIpc) is 3.18. The maximum atomic E-state index is 14.6. The highest BCUT2D eigenvalue weighted by atomic mass is 32.2. The smallest absolute Gasteiger partial charge is 0.291 e. The van der Waals surface area contributed by atoms with E-state index in [0.717, 1.165) is 12.8 Å². The molecule has 4 aromatic rings. The van der Waals surface area contributed by atoms with E-state index in [-0.39, 0.29) is 23.0 Å². The van der Waals surface area contributed by atoms with Gasteiger partial charge in [0.25, 0.3) is 6.43 Å². The lowest BCUT2D eigenvalue weighted by Crippen LogP contribution is -2.48. The van der Waals surface area contributed by atoms with E-state index >= 15 is 0 Å². The molecule has 36 heavy (non-hydrogen) atoms. The zero-order valence-corrected chi connectivity index (χ0v) is 20.7. The van der Waals surface area contributed by atoms with Gasteiger partial charge in [-0.25, -0.2) is 31.3 Å². The first kappa shape index (κ1) is 23.6. The fourth-order valence-electron chi connectivity index (χ4n) is 4.67. The molecule has 1 aromatic carbocycles. The van der Waals surface area contributed by atoms with Crippen LogP contribution in [0.5, 0.6) is 0 Å². The highest BCUT2D eigenvalue weighted by Crippen LogP contribution is 2.39. The molecule has 0 radical (unpaired) electrons. The van der Waals surface area contributed by atoms with Crippen LogP contribution in [0.4, 0.5) is 18.9 Å². The van der Waals surface area contributed by atoms with E-state index in [9.17, 15) is 21.6 Å². The largest absolute Gasteiger partial charge is 0.365 e. The molecule has 15 heteroatoms. The van der Waals surface area contributed by atoms with Crippen LogP contribution in [-0.2, 0) is 10.0 Å². The summed E-state index contributed by atoms with van der Waals surface area (Å²) in [5, 5.41) is 7.15. The lowest BCUT2D eigenvalue weighted by molar-refractivity contribution is 0.150. The Morgan fingerprint density at radius 1 is 1.25 bits per heavy atom. The van der Waals surface area contributed by atoms with Crippen molar-refractivity contribution in [3.63, 3.8) is 0 Å². The number of anilines is 1. The maximum absolute atomic E-state index is 14.6. The van der Waals surface area contributed by atoms with Crippen molar-refractivity contribution >= 4 is 43.9 Å². The van der Waals surface area contributed by atoms with Crippen LogP contribution in [0, 0.1) is 0 Å². The number of hydrogen-bond acceptors (Lipinski definition) is 8. The van der Waals surface area contributed by atoms with E-state index < -0.39 is 39.2 Å². The Labute approximate surface area is 208 Å². The van der Waals surface area contributed by atoms with Crippen molar-refractivity contribution in [1.82, 2.24) is 28.9 Å². The predicted octanol–water partition coefficient (Wildman–Crippen LogP) is 2.77. The molecule has 10 nitrogen and oxygen atoms in total. The molecule has 0 amide bonds. The number of rotatable bonds is 6. The first-order chi connectivity index (χ1) is 17.0. The molecular weight excluding hydrogens is 517 g/mol. The third-order valence-electron chi connectivity index (χ3n) is 6.62. The van der Waals surface area contributed by atoms with Gasteiger partial charge in [-0.2, -0.15) is 0 Å². The van der Waals surface area contributed by atoms with Crippen LogP contribution >= 0.6 is 11.3 Å². The lowest BCUT2D eigenvalue weighted by Gasteiger charge is -2.35. The third kappa shape index (κ3) is 3.93. The van der Waals surface area contributed by atoms with Gasteiger partial charge in [-0.15, -0.1) is 10.2 Å². The summed E-state index contributed by atoms with van der Waals surface area (Å²) in [4.78, 5) is 6.05. The Morgan fingerprint density at radius 2 is 2.03 bits per heavy atom. The quantitative estimate of drug-likeness (QED) is 0.386. The van der Waals surface area contributed by atoms with Crippen LogP contribution in [0.2, 0.25) is 0 Å². The number of alkyl halides is 3. The summed E-state index contributed by atoms with van der Waals surface area (Å²) < 4.78 is 73.9. The number of benzene rings is 1. The summed E-state index contributed by atoms with van der Waals surface area (Å²) in [6, 6.07) is 2.53. The van der Waals surface area contributed by atoms with Crippen molar-refractivity contribution in [3.8, 4) is 5.13 Å². The van der Waals surface area contributed by atoms with Crippen LogP contribution in [-0.4, -0.2) is 63.4 Å². The van der Waals surface area contributed by atoms with Crippen molar-refractivity contribution in [1.29, 1.82) is 0 Å². The number of piperidine rings is 1. The SMILES string of the molecule is CC1(NS(=O)(=O)c2cc(N3C[C@H](N)C[C@@H](F)C3)c3c(c2)n(-c2nnc(C(F)F)s2)c2nccn32)CC1. The Kier molecular flexibility index (Phi) is 5.34. The van der Waals surface area contributed by atoms with Crippen molar-refractivity contribution < 1.29 is 21.6 Å². The van der Waals surface area contributed by atoms with E-state index in [0.29, 0.717) is 40.4 Å². The number of sulfonamides is 1. The minimum Gasteiger partial charge on any atom is -0.365 e. The van der Waals surface area contributed by atoms with Gasteiger partial charge in [-0.3, -0.25) is 8.97 Å². The molecular formula is C21H23F3N8O2S2. The van der Waals surface area contributed by atoms with E-state index in [1.165, 1.54) is 22.9 Å². The van der Waals surface area contributed by atoms with Gasteiger partial charge >= 0.3 is 0 Å². The monoisotopic (exact) mass is 540 g/mol. The zero-order chi connectivity index (χ0) is 25.4. The fourth-order valence-corrected chi connectivity index (χ4v) is 6.89. The predicted molar refractivity (Wildman–Crippen MR) is 128 cm³/mol. The topological polar surface area (TPSA) is 123 Å². The molecule has 192 valence electrons. The number of aromatic nitrogens is 5. The summed E-state index contributed by atoms with van der Waals surface area (Å²) in [6.45, 7) is 2.18. The van der Waals surface area contributed by atoms with Crippen LogP contribution < -0.4 is 15.4 Å². The van der Waals surface area contributed by atoms with Crippen LogP contribution in [0.15, 0.2) is 29.4 Å². The first-order valence-corrected chi connectivity index (χ1v) is 13.7. The van der Waals surface area contributed by atoms with Crippen LogP contribution in [0.25, 0.3) is 21.9 Å². The van der Waals surface area contributed by atoms with E-state index in [1.54, 1.807) is 15.5 Å². The van der Waals surface area contributed by atoms with Crippen molar-refractivity contribution in [2.24, 2.45) is 5.73 Å². The molecule has 0 spiro atoms. The normalized spacial score (nSPS) is 22.2. The molecule has 3 aromatic heterocycles. The minimum atomic E-state index is -3.96. The van der Waals surface area contributed by atoms with Gasteiger partial charge in [0.15, 0.2) is 5.01 Å². The second-order valence-corrected chi connectivity index (χ2v) is 12.3. The molecule has 0 unspecified atom stereocenters. The Balaban J connectivity index is 1.63. The summed E-state index contributed by atoms with van der Waals surface area (Å²) in [7, 11) is -3.96. The maximum Gasteiger partial charge on any atom is 0.291 e. The molecule has 3 N–H and O–H groups in total. The van der Waals surface area contributed by atoms with Crippen molar-refractivity contribution in [2.75, 3.05) is 18.0 Å². The number of nitrogens with one attached hydrogen (secondary N) is 1. The van der Waals surface area contributed by atoms with Gasteiger partial charge in [0.1, 0.15) is 6.17 Å². The zero-order valence-electron chi connectivity index (χ0n) is 19.1. The summed E-state index contributed by atoms with van der Waals surface area (Å²) in [5.41, 5.74) is 6.94. The standard InChI is InChI=1S/C21H23F3N8O2S2/c1-21(2-3-21)29-36(33,34)13-7-14(30-9-11(22)6-12(25)10-30)16-15(8-13)32(19-26-4-5-31(16)19)20-28-27-18(35-20)17(23)24/h4-5,7-8,11-12,17,29H,2-3,6,9-10,25H2,1H3/t11-,12-/m1/s1. The number of halogens is 3. The highest BCUT2D eigenvalue weighted by molar-refractivity contribution is 7.89. The number of fused-ring (bicyclic) bond motifs is 3. The Bertz CT molecular complexity index is 1570. The second kappa shape index (κ2) is 8.13. The molecule has 2 fully saturated rings. The van der Waals surface area contributed by atoms with Gasteiger partial charge in [0, 0.05) is 37.1 Å². The summed E-state index contributed by atoms with van der Waals surface area (Å²) in [5.74, 6) is 0.331. The molecule has 1 saturated carbocycles. The van der Waals surface area contributed by atoms with Gasteiger partial charge in [-0.1, -0.05) is 11.3 Å². The Hall–Kier alpha value is -2.75. The number of nitrogens with zero attached hydrogens (tertiary/aromatic N) is 6. The van der Waals surface area contributed by atoms with E-state index in [4.69, 9.17) is 5.73 Å². The fraction of sp³-hybridized carbons (Fsp3) is 0.476. The van der Waals surface area contributed by atoms with Gasteiger partial charge in [0.05, 0.1) is 21.6 Å². The van der Waals surface area contributed by atoms with Crippen molar-refractivity contribution in [3.05, 3.63) is 29.5 Å². The minimum absolute atomic E-state index is 0.0340. The number of imidazole rings is 2. The molecule has 1 aliphatic carbocycles. The molecule has 6 rings (SSSR count). The molecule has 4 heterocycles. The average molecular weight is 541 g/mol. The van der Waals surface area contributed by atoms with E-state index in [2.05, 4.69) is 19.9 Å². The van der Waals surface area contributed by atoms with Crippen LogP contribution in [0.3, 0.4) is 0 Å². The van der Waals surface area contributed by atoms with Crippen molar-refractivity contribution in [2.45, 2.75) is 55.3 Å². The highest BCUT2D eigenvalue weighted by Gasteiger charge is 2.42. The van der Waals surface area contributed by atoms with Gasteiger partial charge in [0.2, 0.25) is 20.9 Å². The lowest BCUT2D eigenvalue weighted by atomic mass is 10.0. The summed E-state index contributed by atoms with van der Waals surface area (Å²) in [6.07, 6.45) is 0.852. The third-order valence-corrected chi connectivity index (χ3v) is 9.15. The number of nitrogens with two attached hydrogens (primary N) is 1.